The van der Waals surface area contributed by atoms with Crippen LogP contribution in [0.1, 0.15) is 33.3 Å². The number of benzene rings is 1. The van der Waals surface area contributed by atoms with E-state index >= 15 is 0 Å². The van der Waals surface area contributed by atoms with Gasteiger partial charge in [0.15, 0.2) is 24.6 Å². The van der Waals surface area contributed by atoms with Crippen LogP contribution in [0, 0.1) is 0 Å². The molecule has 1 aliphatic heterocycles. The number of hydrogen-bond donors (Lipinski definition) is 0. The topological polar surface area (TPSA) is 124 Å². The number of carbonyl (C=O) groups is 4. The minimum absolute atomic E-state index is 0.0582. The molecule has 0 aliphatic carbocycles. The van der Waals surface area contributed by atoms with Crippen molar-refractivity contribution in [1.29, 1.82) is 0 Å². The Morgan fingerprint density at radius 3 is 1.97 bits per heavy atom. The third kappa shape index (κ3) is 8.66. The molecule has 0 N–H and O–H groups in total. The van der Waals surface area contributed by atoms with Crippen molar-refractivity contribution < 1.29 is 47.6 Å². The Morgan fingerprint density at radius 2 is 1.39 bits per heavy atom. The summed E-state index contributed by atoms with van der Waals surface area (Å²) < 4.78 is 32.6. The number of rotatable bonds is 9. The van der Waals surface area contributed by atoms with Crippen molar-refractivity contribution in [2.24, 2.45) is 0 Å². The molecule has 0 bridgehead atoms. The van der Waals surface area contributed by atoms with Gasteiger partial charge in [-0.05, 0) is 5.56 Å². The van der Waals surface area contributed by atoms with Gasteiger partial charge >= 0.3 is 23.9 Å². The Kier molecular flexibility index (Phi) is 10.0. The Bertz CT molecular complexity index is 850. The molecule has 1 aromatic rings. The molecule has 0 saturated carbocycles. The zero-order chi connectivity index (χ0) is 24.4. The van der Waals surface area contributed by atoms with Crippen LogP contribution < -0.4 is 0 Å². The second-order valence-electron chi connectivity index (χ2n) is 7.21. The summed E-state index contributed by atoms with van der Waals surface area (Å²) in [5.74, 6) is -2.67. The maximum atomic E-state index is 11.8. The molecule has 1 aromatic carbocycles. The highest BCUT2D eigenvalue weighted by Crippen LogP contribution is 2.30. The molecule has 0 radical (unpaired) electrons. The molecule has 5 atom stereocenters. The lowest BCUT2D eigenvalue weighted by atomic mass is 9.98. The molecule has 1 fully saturated rings. The molecular weight excluding hydrogens is 436 g/mol. The van der Waals surface area contributed by atoms with Crippen LogP contribution >= 0.6 is 0 Å². The quantitative estimate of drug-likeness (QED) is 0.395. The van der Waals surface area contributed by atoms with Crippen LogP contribution in [0.2, 0.25) is 0 Å². The van der Waals surface area contributed by atoms with Crippen LogP contribution in [0.15, 0.2) is 36.4 Å². The van der Waals surface area contributed by atoms with Gasteiger partial charge in [0.2, 0.25) is 0 Å². The molecule has 1 aliphatic rings. The first-order chi connectivity index (χ1) is 15.7. The molecular formula is C23H28O10. The Morgan fingerprint density at radius 1 is 0.818 bits per heavy atom. The lowest BCUT2D eigenvalue weighted by Gasteiger charge is -2.43. The maximum absolute atomic E-state index is 11.8. The molecule has 180 valence electrons. The summed E-state index contributed by atoms with van der Waals surface area (Å²) in [6.45, 7) is 4.44. The SMILES string of the molecule is CC(=O)OC[C@H]1O[C@H](OC/C=C\c2ccccc2)[C@H](OC(C)=O)[C@@H](OC(C)=O)[C@H]1OC(C)=O. The van der Waals surface area contributed by atoms with Gasteiger partial charge in [-0.25, -0.2) is 0 Å². The molecule has 33 heavy (non-hydrogen) atoms. The zero-order valence-electron chi connectivity index (χ0n) is 18.9. The third-order valence-corrected chi connectivity index (χ3v) is 4.41. The van der Waals surface area contributed by atoms with Gasteiger partial charge in [-0.1, -0.05) is 42.5 Å². The normalized spacial score (nSPS) is 24.7. The number of esters is 4. The minimum Gasteiger partial charge on any atom is -0.463 e. The van der Waals surface area contributed by atoms with Crippen LogP contribution in [0.3, 0.4) is 0 Å². The highest BCUT2D eigenvalue weighted by atomic mass is 16.7. The van der Waals surface area contributed by atoms with Gasteiger partial charge in [0.1, 0.15) is 12.7 Å². The van der Waals surface area contributed by atoms with Gasteiger partial charge in [0, 0.05) is 27.7 Å². The fraction of sp³-hybridized carbons (Fsp3) is 0.478. The largest absolute Gasteiger partial charge is 0.463 e. The second kappa shape index (κ2) is 12.7. The van der Waals surface area contributed by atoms with Crippen LogP contribution in [-0.2, 0) is 47.6 Å². The van der Waals surface area contributed by atoms with E-state index in [9.17, 15) is 19.2 Å². The van der Waals surface area contributed by atoms with Crippen molar-refractivity contribution in [3.63, 3.8) is 0 Å². The van der Waals surface area contributed by atoms with Crippen LogP contribution in [0.4, 0.5) is 0 Å². The van der Waals surface area contributed by atoms with E-state index in [-0.39, 0.29) is 13.2 Å². The highest BCUT2D eigenvalue weighted by molar-refractivity contribution is 5.68. The lowest BCUT2D eigenvalue weighted by molar-refractivity contribution is -0.305. The van der Waals surface area contributed by atoms with E-state index in [0.29, 0.717) is 0 Å². The van der Waals surface area contributed by atoms with E-state index in [0.717, 1.165) is 19.4 Å². The molecule has 1 saturated heterocycles. The van der Waals surface area contributed by atoms with Crippen molar-refractivity contribution in [3.8, 4) is 0 Å². The summed E-state index contributed by atoms with van der Waals surface area (Å²) in [7, 11) is 0. The summed E-state index contributed by atoms with van der Waals surface area (Å²) in [6.07, 6.45) is -2.41. The fourth-order valence-electron chi connectivity index (χ4n) is 3.22. The molecule has 0 spiro atoms. The van der Waals surface area contributed by atoms with E-state index < -0.39 is 54.6 Å². The third-order valence-electron chi connectivity index (χ3n) is 4.41. The smallest absolute Gasteiger partial charge is 0.303 e. The monoisotopic (exact) mass is 464 g/mol. The lowest BCUT2D eigenvalue weighted by Crippen LogP contribution is -2.62. The van der Waals surface area contributed by atoms with Crippen molar-refractivity contribution in [2.45, 2.75) is 58.4 Å². The Labute approximate surface area is 191 Å². The number of ether oxygens (including phenoxy) is 6. The fourth-order valence-corrected chi connectivity index (χ4v) is 3.22. The van der Waals surface area contributed by atoms with Gasteiger partial charge in [-0.15, -0.1) is 0 Å². The molecule has 0 aromatic heterocycles. The van der Waals surface area contributed by atoms with Crippen LogP contribution in [-0.4, -0.2) is 67.8 Å². The summed E-state index contributed by atoms with van der Waals surface area (Å²) in [4.78, 5) is 46.6. The van der Waals surface area contributed by atoms with Gasteiger partial charge in [-0.3, -0.25) is 19.2 Å². The molecule has 10 nitrogen and oxygen atoms in total. The van der Waals surface area contributed by atoms with Crippen molar-refractivity contribution in [1.82, 2.24) is 0 Å². The van der Waals surface area contributed by atoms with E-state index in [2.05, 4.69) is 0 Å². The van der Waals surface area contributed by atoms with E-state index in [4.69, 9.17) is 28.4 Å². The van der Waals surface area contributed by atoms with Crippen molar-refractivity contribution in [2.75, 3.05) is 13.2 Å². The molecule has 0 amide bonds. The highest BCUT2D eigenvalue weighted by Gasteiger charge is 2.52. The first-order valence-electron chi connectivity index (χ1n) is 10.3. The zero-order valence-corrected chi connectivity index (χ0v) is 18.9. The minimum atomic E-state index is -1.26. The molecule has 2 rings (SSSR count). The van der Waals surface area contributed by atoms with Crippen molar-refractivity contribution in [3.05, 3.63) is 42.0 Å². The van der Waals surface area contributed by atoms with Gasteiger partial charge in [-0.2, -0.15) is 0 Å². The van der Waals surface area contributed by atoms with E-state index in [1.165, 1.54) is 13.8 Å². The van der Waals surface area contributed by atoms with Crippen LogP contribution in [0.5, 0.6) is 0 Å². The first kappa shape index (κ1) is 26.0. The predicted octanol–water partition coefficient (Wildman–Crippen LogP) is 1.80. The Balaban J connectivity index is 2.28. The van der Waals surface area contributed by atoms with Crippen LogP contribution in [0.25, 0.3) is 6.08 Å². The average molecular weight is 464 g/mol. The van der Waals surface area contributed by atoms with E-state index in [1.54, 1.807) is 6.08 Å². The Hall–Kier alpha value is -3.24. The maximum Gasteiger partial charge on any atom is 0.303 e. The summed E-state index contributed by atoms with van der Waals surface area (Å²) in [6, 6.07) is 9.49. The summed E-state index contributed by atoms with van der Waals surface area (Å²) in [5.41, 5.74) is 0.947. The predicted molar refractivity (Wildman–Crippen MR) is 113 cm³/mol. The van der Waals surface area contributed by atoms with E-state index in [1.807, 2.05) is 36.4 Å². The summed E-state index contributed by atoms with van der Waals surface area (Å²) >= 11 is 0. The molecule has 0 unspecified atom stereocenters. The molecule has 1 heterocycles. The van der Waals surface area contributed by atoms with Gasteiger partial charge in [0.05, 0.1) is 6.61 Å². The first-order valence-corrected chi connectivity index (χ1v) is 10.3. The number of hydrogen-bond acceptors (Lipinski definition) is 10. The second-order valence-corrected chi connectivity index (χ2v) is 7.21. The van der Waals surface area contributed by atoms with Gasteiger partial charge < -0.3 is 28.4 Å². The van der Waals surface area contributed by atoms with Crippen molar-refractivity contribution >= 4 is 30.0 Å². The summed E-state index contributed by atoms with van der Waals surface area (Å²) in [5, 5.41) is 0. The average Bonchev–Trinajstić information content (AvgIpc) is 2.73. The number of carbonyl (C=O) groups excluding carboxylic acids is 4. The standard InChI is InChI=1S/C23H28O10/c1-14(24)29-13-19-20(30-15(2)25)21(31-16(3)26)22(32-17(4)27)23(33-19)28-12-8-11-18-9-6-5-7-10-18/h5-11,19-23H,12-13H2,1-4H3/b11-8-/t19-,20+,21+,22-,23+/m1/s1. The molecule has 10 heteroatoms. The van der Waals surface area contributed by atoms with Gasteiger partial charge in [0.25, 0.3) is 0 Å².